The molecule has 0 saturated heterocycles. The van der Waals surface area contributed by atoms with Crippen molar-refractivity contribution in [3.63, 3.8) is 0 Å². The van der Waals surface area contributed by atoms with Crippen LogP contribution in [0.15, 0.2) is 29.1 Å². The zero-order valence-electron chi connectivity index (χ0n) is 7.57. The molecule has 0 atom stereocenters. The van der Waals surface area contributed by atoms with Crippen molar-refractivity contribution in [3.8, 4) is 11.5 Å². The van der Waals surface area contributed by atoms with Crippen molar-refractivity contribution in [1.29, 1.82) is 0 Å². The third kappa shape index (κ3) is 1.12. The molecule has 2 rings (SSSR count). The van der Waals surface area contributed by atoms with E-state index in [0.29, 0.717) is 10.9 Å². The Kier molecular flexibility index (Phi) is 1.89. The molecule has 0 radical (unpaired) electrons. The summed E-state index contributed by atoms with van der Waals surface area (Å²) in [5.41, 5.74) is 0.104. The summed E-state index contributed by atoms with van der Waals surface area (Å²) in [6.07, 6.45) is 0. The lowest BCUT2D eigenvalue weighted by molar-refractivity contribution is 0.374. The van der Waals surface area contributed by atoms with Crippen LogP contribution in [-0.4, -0.2) is 17.2 Å². The van der Waals surface area contributed by atoms with Crippen LogP contribution in [0.2, 0.25) is 0 Å². The molecule has 0 amide bonds. The van der Waals surface area contributed by atoms with Crippen LogP contribution in [-0.2, 0) is 0 Å². The molecular weight excluding hydrogens is 182 g/mol. The van der Waals surface area contributed by atoms with Gasteiger partial charge in [-0.1, -0.05) is 12.1 Å². The van der Waals surface area contributed by atoms with Crippen molar-refractivity contribution in [2.45, 2.75) is 0 Å². The first-order chi connectivity index (χ1) is 6.74. The highest BCUT2D eigenvalue weighted by atomic mass is 16.5. The predicted octanol–water partition coefficient (Wildman–Crippen LogP) is 1.24. The van der Waals surface area contributed by atoms with Gasteiger partial charge in [0.05, 0.1) is 12.6 Å². The smallest absolute Gasteiger partial charge is 0.294 e. The molecule has 4 nitrogen and oxygen atoms in total. The monoisotopic (exact) mass is 191 g/mol. The van der Waals surface area contributed by atoms with Gasteiger partial charge in [0.15, 0.2) is 5.75 Å². The molecule has 0 saturated carbocycles. The van der Waals surface area contributed by atoms with Crippen LogP contribution in [0.5, 0.6) is 11.5 Å². The fraction of sp³-hybridized carbons (Fsp3) is 0.100. The SMILES string of the molecule is COc1c(O)c(=O)[nH]c2ccccc12. The number of aromatic hydroxyl groups is 1. The van der Waals surface area contributed by atoms with Gasteiger partial charge in [0.25, 0.3) is 5.56 Å². The maximum atomic E-state index is 11.2. The van der Waals surface area contributed by atoms with E-state index in [1.165, 1.54) is 7.11 Å². The molecular formula is C10H9NO3. The summed E-state index contributed by atoms with van der Waals surface area (Å²) in [6, 6.07) is 7.12. The quantitative estimate of drug-likeness (QED) is 0.712. The minimum Gasteiger partial charge on any atom is -0.500 e. The molecule has 1 aromatic carbocycles. The summed E-state index contributed by atoms with van der Waals surface area (Å²) in [6.45, 7) is 0. The summed E-state index contributed by atoms with van der Waals surface area (Å²) in [5.74, 6) is -0.171. The first-order valence-electron chi connectivity index (χ1n) is 4.12. The number of ether oxygens (including phenoxy) is 1. The van der Waals surface area contributed by atoms with Crippen molar-refractivity contribution in [1.82, 2.24) is 4.98 Å². The van der Waals surface area contributed by atoms with Gasteiger partial charge in [-0.3, -0.25) is 4.79 Å². The van der Waals surface area contributed by atoms with Gasteiger partial charge in [-0.15, -0.1) is 0 Å². The van der Waals surface area contributed by atoms with Crippen LogP contribution >= 0.6 is 0 Å². The number of fused-ring (bicyclic) bond motifs is 1. The number of hydrogen-bond acceptors (Lipinski definition) is 3. The van der Waals surface area contributed by atoms with Gasteiger partial charge in [0.2, 0.25) is 5.75 Å². The number of nitrogens with one attached hydrogen (secondary N) is 1. The van der Waals surface area contributed by atoms with Crippen molar-refractivity contribution < 1.29 is 9.84 Å². The van der Waals surface area contributed by atoms with E-state index in [0.717, 1.165) is 0 Å². The summed E-state index contributed by atoms with van der Waals surface area (Å²) >= 11 is 0. The predicted molar refractivity (Wildman–Crippen MR) is 52.8 cm³/mol. The average Bonchev–Trinajstić information content (AvgIpc) is 2.20. The second-order valence-corrected chi connectivity index (χ2v) is 2.88. The van der Waals surface area contributed by atoms with E-state index in [9.17, 15) is 9.90 Å². The minimum absolute atomic E-state index is 0.212. The minimum atomic E-state index is -0.541. The second kappa shape index (κ2) is 3.06. The van der Waals surface area contributed by atoms with E-state index >= 15 is 0 Å². The maximum Gasteiger partial charge on any atom is 0.294 e. The lowest BCUT2D eigenvalue weighted by atomic mass is 10.2. The van der Waals surface area contributed by atoms with Gasteiger partial charge in [-0.2, -0.15) is 0 Å². The molecule has 2 N–H and O–H groups in total. The maximum absolute atomic E-state index is 11.2. The number of H-pyrrole nitrogens is 1. The fourth-order valence-electron chi connectivity index (χ4n) is 1.41. The van der Waals surface area contributed by atoms with Crippen molar-refractivity contribution in [3.05, 3.63) is 34.6 Å². The molecule has 1 aromatic heterocycles. The Labute approximate surface area is 79.8 Å². The van der Waals surface area contributed by atoms with Crippen molar-refractivity contribution in [2.24, 2.45) is 0 Å². The van der Waals surface area contributed by atoms with Gasteiger partial charge in [0.1, 0.15) is 0 Å². The summed E-state index contributed by atoms with van der Waals surface area (Å²) in [4.78, 5) is 13.8. The highest BCUT2D eigenvalue weighted by molar-refractivity contribution is 5.86. The van der Waals surface area contributed by atoms with Crippen LogP contribution in [0.1, 0.15) is 0 Å². The van der Waals surface area contributed by atoms with Gasteiger partial charge < -0.3 is 14.8 Å². The lowest BCUT2D eigenvalue weighted by Crippen LogP contribution is -2.06. The first-order valence-corrected chi connectivity index (χ1v) is 4.12. The third-order valence-corrected chi connectivity index (χ3v) is 2.05. The van der Waals surface area contributed by atoms with Gasteiger partial charge in [0, 0.05) is 5.39 Å². The summed E-state index contributed by atoms with van der Waals surface area (Å²) in [5, 5.41) is 10.1. The molecule has 0 aliphatic carbocycles. The zero-order valence-corrected chi connectivity index (χ0v) is 7.57. The Morgan fingerprint density at radius 2 is 2.07 bits per heavy atom. The van der Waals surface area contributed by atoms with E-state index in [4.69, 9.17) is 4.74 Å². The molecule has 4 heteroatoms. The largest absolute Gasteiger partial charge is 0.500 e. The number of hydrogen-bond donors (Lipinski definition) is 2. The van der Waals surface area contributed by atoms with Crippen LogP contribution < -0.4 is 10.3 Å². The highest BCUT2D eigenvalue weighted by Gasteiger charge is 2.10. The zero-order chi connectivity index (χ0) is 10.1. The molecule has 0 spiro atoms. The van der Waals surface area contributed by atoms with Crippen molar-refractivity contribution >= 4 is 10.9 Å². The highest BCUT2D eigenvalue weighted by Crippen LogP contribution is 2.29. The summed E-state index contributed by atoms with van der Waals surface area (Å²) in [7, 11) is 1.42. The molecule has 72 valence electrons. The third-order valence-electron chi connectivity index (χ3n) is 2.05. The number of methoxy groups -OCH3 is 1. The number of benzene rings is 1. The Morgan fingerprint density at radius 3 is 2.79 bits per heavy atom. The van der Waals surface area contributed by atoms with Crippen LogP contribution in [0, 0.1) is 0 Å². The molecule has 0 aliphatic rings. The van der Waals surface area contributed by atoms with E-state index < -0.39 is 5.56 Å². The standard InChI is InChI=1S/C10H9NO3/c1-14-9-6-4-2-3-5-7(6)11-10(13)8(9)12/h2-5,12H,1H3,(H,11,13). The molecule has 14 heavy (non-hydrogen) atoms. The van der Waals surface area contributed by atoms with Gasteiger partial charge in [-0.05, 0) is 12.1 Å². The fourth-order valence-corrected chi connectivity index (χ4v) is 1.41. The molecule has 1 heterocycles. The normalized spacial score (nSPS) is 10.4. The van der Waals surface area contributed by atoms with E-state index in [2.05, 4.69) is 4.98 Å². The topological polar surface area (TPSA) is 62.3 Å². The molecule has 0 aliphatic heterocycles. The Hall–Kier alpha value is -1.97. The Bertz CT molecular complexity index is 530. The van der Waals surface area contributed by atoms with E-state index in [1.807, 2.05) is 6.07 Å². The van der Waals surface area contributed by atoms with Gasteiger partial charge in [-0.25, -0.2) is 0 Å². The van der Waals surface area contributed by atoms with Crippen molar-refractivity contribution in [2.75, 3.05) is 7.11 Å². The average molecular weight is 191 g/mol. The molecule has 0 fully saturated rings. The first kappa shape index (κ1) is 8.62. The van der Waals surface area contributed by atoms with Crippen LogP contribution in [0.25, 0.3) is 10.9 Å². The number of pyridine rings is 1. The second-order valence-electron chi connectivity index (χ2n) is 2.88. The molecule has 0 bridgehead atoms. The number of para-hydroxylation sites is 1. The molecule has 2 aromatic rings. The number of rotatable bonds is 1. The lowest BCUT2D eigenvalue weighted by Gasteiger charge is -2.05. The van der Waals surface area contributed by atoms with Crippen LogP contribution in [0.3, 0.4) is 0 Å². The van der Waals surface area contributed by atoms with Gasteiger partial charge >= 0.3 is 0 Å². The van der Waals surface area contributed by atoms with E-state index in [1.54, 1.807) is 18.2 Å². The summed E-state index contributed by atoms with van der Waals surface area (Å²) < 4.78 is 4.97. The Balaban J connectivity index is 2.96. The van der Waals surface area contributed by atoms with E-state index in [-0.39, 0.29) is 11.5 Å². The number of aromatic nitrogens is 1. The van der Waals surface area contributed by atoms with Crippen LogP contribution in [0.4, 0.5) is 0 Å². The Morgan fingerprint density at radius 1 is 1.36 bits per heavy atom. The number of aromatic amines is 1. The molecule has 0 unspecified atom stereocenters.